The van der Waals surface area contributed by atoms with E-state index < -0.39 is 11.7 Å². The van der Waals surface area contributed by atoms with Crippen molar-refractivity contribution >= 4 is 0 Å². The Hall–Kier alpha value is -2.63. The Kier molecular flexibility index (Phi) is 6.26. The number of piperidine rings is 3. The van der Waals surface area contributed by atoms with E-state index in [4.69, 9.17) is 0 Å². The Morgan fingerprint density at radius 2 is 1.42 bits per heavy atom. The maximum Gasteiger partial charge on any atom is 0.416 e. The molecule has 2 nitrogen and oxygen atoms in total. The molecule has 0 saturated carbocycles. The molecule has 0 amide bonds. The number of hydrogen-bond acceptors (Lipinski definition) is 2. The van der Waals surface area contributed by atoms with E-state index in [1.807, 2.05) is 12.1 Å². The van der Waals surface area contributed by atoms with Gasteiger partial charge in [-0.2, -0.15) is 13.2 Å². The average molecular weight is 451 g/mol. The second kappa shape index (κ2) is 9.32. The summed E-state index contributed by atoms with van der Waals surface area (Å²) >= 11 is 0. The second-order valence-electron chi connectivity index (χ2n) is 9.27. The van der Waals surface area contributed by atoms with Crippen LogP contribution in [0.1, 0.15) is 41.0 Å². The molecule has 0 aliphatic carbocycles. The second-order valence-corrected chi connectivity index (χ2v) is 9.27. The van der Waals surface area contributed by atoms with Gasteiger partial charge in [-0.05, 0) is 54.6 Å². The van der Waals surface area contributed by atoms with Crippen LogP contribution in [0.15, 0.2) is 84.9 Å². The van der Waals surface area contributed by atoms with Crippen molar-refractivity contribution in [2.75, 3.05) is 13.1 Å². The largest absolute Gasteiger partial charge is 0.416 e. The first kappa shape index (κ1) is 22.2. The molecule has 0 aromatic heterocycles. The molecule has 6 rings (SSSR count). The Morgan fingerprint density at radius 3 is 2.00 bits per heavy atom. The molecule has 33 heavy (non-hydrogen) atoms. The summed E-state index contributed by atoms with van der Waals surface area (Å²) in [6.45, 7) is 2.59. The SMILES string of the molecule is FC(F)(F)c1cccc(CNC2C3CCN(CC3)C2C(c2ccccc2)c2ccccc2)c1. The highest BCUT2D eigenvalue weighted by atomic mass is 19.4. The summed E-state index contributed by atoms with van der Waals surface area (Å²) in [6, 6.07) is 27.4. The molecule has 3 aromatic rings. The van der Waals surface area contributed by atoms with Crippen molar-refractivity contribution < 1.29 is 13.2 Å². The van der Waals surface area contributed by atoms with E-state index in [2.05, 4.69) is 58.7 Å². The lowest BCUT2D eigenvalue weighted by Gasteiger charge is -2.54. The topological polar surface area (TPSA) is 15.3 Å². The Balaban J connectivity index is 1.46. The van der Waals surface area contributed by atoms with Gasteiger partial charge >= 0.3 is 6.18 Å². The smallest absolute Gasteiger partial charge is 0.308 e. The van der Waals surface area contributed by atoms with Gasteiger partial charge < -0.3 is 5.32 Å². The van der Waals surface area contributed by atoms with Crippen molar-refractivity contribution in [2.45, 2.75) is 43.6 Å². The van der Waals surface area contributed by atoms with E-state index in [1.165, 1.54) is 23.3 Å². The highest BCUT2D eigenvalue weighted by molar-refractivity contribution is 5.36. The van der Waals surface area contributed by atoms with E-state index in [-0.39, 0.29) is 18.0 Å². The standard InChI is InChI=1S/C28H29F3N2/c29-28(30,31)24-13-7-8-20(18-24)19-32-26-23-14-16-33(17-15-23)27(26)25(21-9-3-1-4-10-21)22-11-5-2-6-12-22/h1-13,18,23,25-27,32H,14-17,19H2. The predicted molar refractivity (Wildman–Crippen MR) is 125 cm³/mol. The molecule has 172 valence electrons. The molecular weight excluding hydrogens is 421 g/mol. The fourth-order valence-corrected chi connectivity index (χ4v) is 5.79. The van der Waals surface area contributed by atoms with Crippen molar-refractivity contribution in [3.8, 4) is 0 Å². The molecular formula is C28H29F3N2. The fourth-order valence-electron chi connectivity index (χ4n) is 5.79. The zero-order valence-corrected chi connectivity index (χ0v) is 18.5. The van der Waals surface area contributed by atoms with Gasteiger partial charge in [0.05, 0.1) is 5.56 Å². The van der Waals surface area contributed by atoms with Gasteiger partial charge in [0.2, 0.25) is 0 Å². The molecule has 3 aliphatic rings. The summed E-state index contributed by atoms with van der Waals surface area (Å²) < 4.78 is 39.6. The molecule has 2 bridgehead atoms. The summed E-state index contributed by atoms with van der Waals surface area (Å²) in [7, 11) is 0. The molecule has 3 aromatic carbocycles. The minimum absolute atomic E-state index is 0.203. The van der Waals surface area contributed by atoms with Gasteiger partial charge in [-0.1, -0.05) is 78.9 Å². The number of halogens is 3. The van der Waals surface area contributed by atoms with Crippen LogP contribution in [0.5, 0.6) is 0 Å². The summed E-state index contributed by atoms with van der Waals surface area (Å²) in [5.41, 5.74) is 2.66. The summed E-state index contributed by atoms with van der Waals surface area (Å²) in [6.07, 6.45) is -2.06. The van der Waals surface area contributed by atoms with E-state index in [1.54, 1.807) is 6.07 Å². The molecule has 2 unspecified atom stereocenters. The van der Waals surface area contributed by atoms with Crippen LogP contribution in [0.3, 0.4) is 0 Å². The van der Waals surface area contributed by atoms with Crippen molar-refractivity contribution in [1.82, 2.24) is 10.2 Å². The van der Waals surface area contributed by atoms with Crippen molar-refractivity contribution in [1.29, 1.82) is 0 Å². The van der Waals surface area contributed by atoms with Crippen LogP contribution in [0.25, 0.3) is 0 Å². The van der Waals surface area contributed by atoms with E-state index in [9.17, 15) is 13.2 Å². The molecule has 3 fully saturated rings. The zero-order valence-electron chi connectivity index (χ0n) is 18.5. The molecule has 3 saturated heterocycles. The van der Waals surface area contributed by atoms with E-state index in [0.717, 1.165) is 32.0 Å². The van der Waals surface area contributed by atoms with Crippen LogP contribution in [-0.2, 0) is 12.7 Å². The first-order valence-electron chi connectivity index (χ1n) is 11.7. The summed E-state index contributed by atoms with van der Waals surface area (Å²) in [5, 5.41) is 3.71. The lowest BCUT2D eigenvalue weighted by molar-refractivity contribution is -0.137. The first-order chi connectivity index (χ1) is 16.0. The van der Waals surface area contributed by atoms with Gasteiger partial charge in [0.1, 0.15) is 0 Å². The van der Waals surface area contributed by atoms with Gasteiger partial charge in [0, 0.05) is 24.5 Å². The van der Waals surface area contributed by atoms with Crippen molar-refractivity contribution in [3.63, 3.8) is 0 Å². The van der Waals surface area contributed by atoms with Gasteiger partial charge in [-0.25, -0.2) is 0 Å². The number of nitrogens with one attached hydrogen (secondary N) is 1. The van der Waals surface area contributed by atoms with E-state index >= 15 is 0 Å². The highest BCUT2D eigenvalue weighted by Gasteiger charge is 2.46. The predicted octanol–water partition coefficient (Wildman–Crippen LogP) is 6.09. The van der Waals surface area contributed by atoms with Crippen molar-refractivity contribution in [3.05, 3.63) is 107 Å². The number of fused-ring (bicyclic) bond motifs is 3. The number of hydrogen-bond donors (Lipinski definition) is 1. The van der Waals surface area contributed by atoms with Gasteiger partial charge in [0.15, 0.2) is 0 Å². The number of alkyl halides is 3. The van der Waals surface area contributed by atoms with Crippen molar-refractivity contribution in [2.24, 2.45) is 5.92 Å². The molecule has 2 atom stereocenters. The third kappa shape index (κ3) is 4.71. The van der Waals surface area contributed by atoms with Gasteiger partial charge in [-0.3, -0.25) is 4.90 Å². The normalized spacial score (nSPS) is 24.8. The maximum absolute atomic E-state index is 13.2. The lowest BCUT2D eigenvalue weighted by Crippen LogP contribution is -2.64. The zero-order chi connectivity index (χ0) is 22.8. The van der Waals surface area contributed by atoms with Crippen LogP contribution in [0.4, 0.5) is 13.2 Å². The molecule has 1 N–H and O–H groups in total. The summed E-state index contributed by atoms with van der Waals surface area (Å²) in [5.74, 6) is 0.732. The van der Waals surface area contributed by atoms with E-state index in [0.29, 0.717) is 18.0 Å². The fraction of sp³-hybridized carbons (Fsp3) is 0.357. The molecule has 0 radical (unpaired) electrons. The Bertz CT molecular complexity index is 1000. The number of benzene rings is 3. The minimum atomic E-state index is -4.32. The maximum atomic E-state index is 13.2. The van der Waals surface area contributed by atoms with Gasteiger partial charge in [-0.15, -0.1) is 0 Å². The van der Waals surface area contributed by atoms with Crippen LogP contribution in [0, 0.1) is 5.92 Å². The summed E-state index contributed by atoms with van der Waals surface area (Å²) in [4.78, 5) is 2.59. The van der Waals surface area contributed by atoms with Crippen LogP contribution in [-0.4, -0.2) is 30.1 Å². The van der Waals surface area contributed by atoms with Crippen LogP contribution in [0.2, 0.25) is 0 Å². The Labute approximate surface area is 193 Å². The monoisotopic (exact) mass is 450 g/mol. The minimum Gasteiger partial charge on any atom is -0.308 e. The Morgan fingerprint density at radius 1 is 0.818 bits per heavy atom. The highest BCUT2D eigenvalue weighted by Crippen LogP contribution is 2.42. The molecule has 5 heteroatoms. The quantitative estimate of drug-likeness (QED) is 0.489. The van der Waals surface area contributed by atoms with Crippen LogP contribution >= 0.6 is 0 Å². The lowest BCUT2D eigenvalue weighted by atomic mass is 9.70. The van der Waals surface area contributed by atoms with Gasteiger partial charge in [0.25, 0.3) is 0 Å². The third-order valence-electron chi connectivity index (χ3n) is 7.33. The van der Waals surface area contributed by atoms with Crippen LogP contribution < -0.4 is 5.32 Å². The first-order valence-corrected chi connectivity index (χ1v) is 11.7. The average Bonchev–Trinajstić information content (AvgIpc) is 2.85. The third-order valence-corrected chi connectivity index (χ3v) is 7.33. The number of rotatable bonds is 6. The number of nitrogens with zero attached hydrogens (tertiary/aromatic N) is 1. The molecule has 3 heterocycles. The molecule has 0 spiro atoms. The molecule has 3 aliphatic heterocycles.